The minimum Gasteiger partial charge on any atom is -0.277 e. The number of guanidine groups is 1. The van der Waals surface area contributed by atoms with Crippen LogP contribution in [0, 0.1) is 0 Å². The maximum atomic E-state index is 5.40. The highest BCUT2D eigenvalue weighted by Crippen LogP contribution is 2.46. The van der Waals surface area contributed by atoms with Crippen LogP contribution in [0.5, 0.6) is 0 Å². The van der Waals surface area contributed by atoms with Gasteiger partial charge in [-0.2, -0.15) is 4.99 Å². The molecule has 0 spiro atoms. The Hall–Kier alpha value is -6.66. The summed E-state index contributed by atoms with van der Waals surface area (Å²) in [5, 5.41) is 4.59. The summed E-state index contributed by atoms with van der Waals surface area (Å²) in [6, 6.07) is 54.5. The van der Waals surface area contributed by atoms with E-state index in [-0.39, 0.29) is 0 Å². The monoisotopic (exact) mass is 630 g/mol. The minimum absolute atomic E-state index is 0.415. The number of aliphatic imine (C=N–C) groups is 3. The zero-order valence-corrected chi connectivity index (χ0v) is 26.6. The van der Waals surface area contributed by atoms with E-state index in [1.54, 1.807) is 0 Å². The van der Waals surface area contributed by atoms with E-state index in [2.05, 4.69) is 130 Å². The molecule has 6 heteroatoms. The highest BCUT2D eigenvalue weighted by molar-refractivity contribution is 6.16. The van der Waals surface area contributed by atoms with Crippen molar-refractivity contribution in [2.75, 3.05) is 4.90 Å². The third kappa shape index (κ3) is 4.98. The molecule has 0 saturated heterocycles. The third-order valence-electron chi connectivity index (χ3n) is 9.08. The van der Waals surface area contributed by atoms with Gasteiger partial charge >= 0.3 is 0 Å². The van der Waals surface area contributed by atoms with Gasteiger partial charge in [0.05, 0.1) is 29.0 Å². The van der Waals surface area contributed by atoms with Crippen LogP contribution in [0.4, 0.5) is 11.6 Å². The van der Waals surface area contributed by atoms with Crippen LogP contribution in [-0.4, -0.2) is 28.1 Å². The maximum Gasteiger partial charge on any atom is 0.234 e. The molecule has 1 aliphatic heterocycles. The number of benzene rings is 7. The molecular formula is C43H30N6. The van der Waals surface area contributed by atoms with E-state index in [9.17, 15) is 0 Å². The largest absolute Gasteiger partial charge is 0.277 e. The molecule has 0 atom stereocenters. The Bertz CT molecular complexity index is 2600. The Balaban J connectivity index is 1.39. The highest BCUT2D eigenvalue weighted by Gasteiger charge is 2.32. The van der Waals surface area contributed by atoms with Gasteiger partial charge in [0, 0.05) is 16.7 Å². The van der Waals surface area contributed by atoms with Gasteiger partial charge in [-0.1, -0.05) is 127 Å². The molecule has 0 saturated carbocycles. The normalized spacial score (nSPS) is 12.9. The third-order valence-corrected chi connectivity index (χ3v) is 9.08. The summed E-state index contributed by atoms with van der Waals surface area (Å²) in [5.41, 5.74) is 7.92. The summed E-state index contributed by atoms with van der Waals surface area (Å²) < 4.78 is 2.26. The minimum atomic E-state index is 0.415. The molecule has 0 fully saturated rings. The molecule has 1 aliphatic rings. The number of hydrogen-bond donors (Lipinski definition) is 0. The Morgan fingerprint density at radius 2 is 1.20 bits per heavy atom. The van der Waals surface area contributed by atoms with Crippen LogP contribution >= 0.6 is 0 Å². The number of rotatable bonds is 3. The van der Waals surface area contributed by atoms with Crippen molar-refractivity contribution in [3.05, 3.63) is 169 Å². The maximum absolute atomic E-state index is 5.40. The average molecular weight is 631 g/mol. The van der Waals surface area contributed by atoms with E-state index >= 15 is 0 Å². The number of nitrogens with zero attached hydrogens (tertiary/aromatic N) is 6. The van der Waals surface area contributed by atoms with Gasteiger partial charge in [-0.25, -0.2) is 19.9 Å². The number of hydrogen-bond acceptors (Lipinski definition) is 2. The summed E-state index contributed by atoms with van der Waals surface area (Å²) in [5.74, 6) is 1.63. The lowest BCUT2D eigenvalue weighted by molar-refractivity contribution is 1.02. The van der Waals surface area contributed by atoms with E-state index in [4.69, 9.17) is 15.0 Å². The molecule has 49 heavy (non-hydrogen) atoms. The van der Waals surface area contributed by atoms with Crippen molar-refractivity contribution in [2.24, 2.45) is 15.0 Å². The lowest BCUT2D eigenvalue weighted by Crippen LogP contribution is -2.28. The Kier molecular flexibility index (Phi) is 6.91. The summed E-state index contributed by atoms with van der Waals surface area (Å²) in [6.45, 7) is 4.33. The predicted octanol–water partition coefficient (Wildman–Crippen LogP) is 10.2. The lowest BCUT2D eigenvalue weighted by Gasteiger charge is -2.23. The number of amidine groups is 1. The van der Waals surface area contributed by atoms with Crippen molar-refractivity contribution >= 4 is 62.7 Å². The molecule has 0 aliphatic carbocycles. The first-order chi connectivity index (χ1) is 24.2. The second kappa shape index (κ2) is 11.9. The Labute approximate surface area is 283 Å². The zero-order valence-electron chi connectivity index (χ0n) is 26.6. The van der Waals surface area contributed by atoms with E-state index < -0.39 is 0 Å². The first-order valence-corrected chi connectivity index (χ1v) is 16.3. The van der Waals surface area contributed by atoms with Gasteiger partial charge in [0.1, 0.15) is 0 Å². The Morgan fingerprint density at radius 1 is 0.592 bits per heavy atom. The fourth-order valence-corrected chi connectivity index (χ4v) is 6.74. The number of anilines is 2. The molecule has 7 aromatic carbocycles. The first-order valence-electron chi connectivity index (χ1n) is 16.3. The summed E-state index contributed by atoms with van der Waals surface area (Å²) in [6.07, 6.45) is 0. The van der Waals surface area contributed by atoms with E-state index in [0.717, 1.165) is 60.8 Å². The van der Waals surface area contributed by atoms with Gasteiger partial charge in [-0.05, 0) is 64.2 Å². The van der Waals surface area contributed by atoms with Crippen molar-refractivity contribution in [2.45, 2.75) is 6.54 Å². The topological polar surface area (TPSA) is 58.1 Å². The Morgan fingerprint density at radius 3 is 1.94 bits per heavy atom. The molecule has 232 valence electrons. The summed E-state index contributed by atoms with van der Waals surface area (Å²) >= 11 is 0. The quantitative estimate of drug-likeness (QED) is 0.144. The second-order valence-electron chi connectivity index (χ2n) is 12.1. The van der Waals surface area contributed by atoms with Gasteiger partial charge < -0.3 is 0 Å². The lowest BCUT2D eigenvalue weighted by atomic mass is 9.97. The van der Waals surface area contributed by atoms with Crippen LogP contribution in [0.3, 0.4) is 0 Å². The van der Waals surface area contributed by atoms with Crippen LogP contribution < -0.4 is 4.90 Å². The molecule has 0 N–H and O–H groups in total. The molecule has 1 aromatic heterocycles. The van der Waals surface area contributed by atoms with Crippen LogP contribution in [0.2, 0.25) is 0 Å². The molecule has 0 amide bonds. The molecule has 6 nitrogen and oxygen atoms in total. The predicted molar refractivity (Wildman–Crippen MR) is 204 cm³/mol. The first kappa shape index (κ1) is 28.6. The van der Waals surface area contributed by atoms with Gasteiger partial charge in [0.2, 0.25) is 11.9 Å². The van der Waals surface area contributed by atoms with Crippen molar-refractivity contribution in [3.8, 4) is 16.8 Å². The molecule has 2 heterocycles. The molecule has 0 bridgehead atoms. The van der Waals surface area contributed by atoms with Gasteiger partial charge in [0.25, 0.3) is 0 Å². The molecular weight excluding hydrogens is 601 g/mol. The number of aromatic nitrogens is 2. The van der Waals surface area contributed by atoms with Crippen LogP contribution in [-0.2, 0) is 6.54 Å². The zero-order chi connectivity index (χ0) is 32.7. The van der Waals surface area contributed by atoms with Gasteiger partial charge in [-0.15, -0.1) is 0 Å². The molecule has 8 aromatic rings. The van der Waals surface area contributed by atoms with Gasteiger partial charge in [-0.3, -0.25) is 4.57 Å². The number of imidazole rings is 1. The van der Waals surface area contributed by atoms with E-state index in [1.165, 1.54) is 5.39 Å². The number of para-hydroxylation sites is 1. The highest BCUT2D eigenvalue weighted by atomic mass is 15.4. The van der Waals surface area contributed by atoms with Crippen molar-refractivity contribution in [1.29, 1.82) is 0 Å². The summed E-state index contributed by atoms with van der Waals surface area (Å²) in [4.78, 5) is 22.3. The smallest absolute Gasteiger partial charge is 0.234 e. The second-order valence-corrected chi connectivity index (χ2v) is 12.1. The van der Waals surface area contributed by atoms with Crippen LogP contribution in [0.15, 0.2) is 173 Å². The van der Waals surface area contributed by atoms with Crippen molar-refractivity contribution in [3.63, 3.8) is 0 Å². The standard InChI is InChI=1S/C43H30N6/c1-44-41(30-16-6-3-7-17-30)47-42(45-28-29-14-4-2-5-15-29)49-38-23-13-12-22-35(38)36-24-31-18-8-10-20-33(31)26-39(36)48-40-27-34-21-11-9-19-32(34)25-37(40)46-43(48)49/h2-27H,1,28H2/b45-42?,47-41-. The average Bonchev–Trinajstić information content (AvgIpc) is 3.47. The fourth-order valence-electron chi connectivity index (χ4n) is 6.74. The molecule has 0 unspecified atom stereocenters. The van der Waals surface area contributed by atoms with E-state index in [0.29, 0.717) is 24.3 Å². The van der Waals surface area contributed by atoms with Gasteiger partial charge in [0.15, 0.2) is 5.84 Å². The van der Waals surface area contributed by atoms with E-state index in [1.807, 2.05) is 48.5 Å². The van der Waals surface area contributed by atoms with Crippen molar-refractivity contribution < 1.29 is 0 Å². The SMILES string of the molecule is C=N/C(=N\C(=NCc1ccccc1)N1c2ccccc2-c2cc3ccccc3cc2-n2c1nc1cc3ccccc3cc12)c1ccccc1. The van der Waals surface area contributed by atoms with Crippen LogP contribution in [0.1, 0.15) is 11.1 Å². The molecule has 0 radical (unpaired) electrons. The van der Waals surface area contributed by atoms with Crippen LogP contribution in [0.25, 0.3) is 49.4 Å². The summed E-state index contributed by atoms with van der Waals surface area (Å²) in [7, 11) is 0. The number of fused-ring (bicyclic) bond motifs is 9. The van der Waals surface area contributed by atoms with Crippen molar-refractivity contribution in [1.82, 2.24) is 9.55 Å². The fraction of sp³-hybridized carbons (Fsp3) is 0.0233. The molecule has 9 rings (SSSR count).